The third-order valence-corrected chi connectivity index (χ3v) is 4.81. The SMILES string of the molecule is O=C(Cn1cc(C(=O)NCC2=CCNCC2)cn1)NC1CCCCC1. The molecule has 25 heavy (non-hydrogen) atoms. The minimum Gasteiger partial charge on any atom is -0.352 e. The van der Waals surface area contributed by atoms with E-state index in [1.54, 1.807) is 6.20 Å². The second-order valence-corrected chi connectivity index (χ2v) is 6.83. The lowest BCUT2D eigenvalue weighted by atomic mass is 9.95. The second kappa shape index (κ2) is 8.80. The van der Waals surface area contributed by atoms with Crippen molar-refractivity contribution in [3.05, 3.63) is 29.6 Å². The van der Waals surface area contributed by atoms with Gasteiger partial charge in [-0.2, -0.15) is 5.10 Å². The monoisotopic (exact) mass is 345 g/mol. The Morgan fingerprint density at radius 1 is 1.28 bits per heavy atom. The lowest BCUT2D eigenvalue weighted by Gasteiger charge is -2.22. The molecule has 0 saturated heterocycles. The van der Waals surface area contributed by atoms with Crippen LogP contribution in [0.2, 0.25) is 0 Å². The average molecular weight is 345 g/mol. The maximum Gasteiger partial charge on any atom is 0.254 e. The lowest BCUT2D eigenvalue weighted by molar-refractivity contribution is -0.122. The minimum absolute atomic E-state index is 0.0400. The number of nitrogens with zero attached hydrogens (tertiary/aromatic N) is 2. The molecule has 1 fully saturated rings. The van der Waals surface area contributed by atoms with Gasteiger partial charge in [-0.1, -0.05) is 30.9 Å². The first-order valence-electron chi connectivity index (χ1n) is 9.19. The van der Waals surface area contributed by atoms with E-state index in [1.165, 1.54) is 35.7 Å². The van der Waals surface area contributed by atoms with E-state index in [4.69, 9.17) is 0 Å². The molecule has 0 aromatic carbocycles. The van der Waals surface area contributed by atoms with E-state index in [2.05, 4.69) is 27.1 Å². The van der Waals surface area contributed by atoms with Gasteiger partial charge in [-0.05, 0) is 25.8 Å². The van der Waals surface area contributed by atoms with Gasteiger partial charge >= 0.3 is 0 Å². The fourth-order valence-corrected chi connectivity index (χ4v) is 3.36. The topological polar surface area (TPSA) is 88.1 Å². The molecule has 136 valence electrons. The summed E-state index contributed by atoms with van der Waals surface area (Å²) in [6.07, 6.45) is 12.0. The molecule has 2 amide bonds. The zero-order valence-electron chi connectivity index (χ0n) is 14.6. The summed E-state index contributed by atoms with van der Waals surface area (Å²) in [6.45, 7) is 2.53. The van der Waals surface area contributed by atoms with E-state index in [-0.39, 0.29) is 24.4 Å². The number of hydrogen-bond acceptors (Lipinski definition) is 4. The number of rotatable bonds is 6. The summed E-state index contributed by atoms with van der Waals surface area (Å²) < 4.78 is 1.52. The molecule has 7 nitrogen and oxygen atoms in total. The summed E-state index contributed by atoms with van der Waals surface area (Å²) in [7, 11) is 0. The first-order valence-corrected chi connectivity index (χ1v) is 9.19. The third-order valence-electron chi connectivity index (χ3n) is 4.81. The van der Waals surface area contributed by atoms with Crippen molar-refractivity contribution in [3.8, 4) is 0 Å². The maximum atomic E-state index is 12.2. The van der Waals surface area contributed by atoms with Crippen LogP contribution in [-0.2, 0) is 11.3 Å². The van der Waals surface area contributed by atoms with Crippen LogP contribution >= 0.6 is 0 Å². The van der Waals surface area contributed by atoms with E-state index >= 15 is 0 Å². The van der Waals surface area contributed by atoms with Crippen molar-refractivity contribution in [1.29, 1.82) is 0 Å². The fourth-order valence-electron chi connectivity index (χ4n) is 3.36. The van der Waals surface area contributed by atoms with Crippen LogP contribution in [0.4, 0.5) is 0 Å². The van der Waals surface area contributed by atoms with Gasteiger partial charge in [-0.25, -0.2) is 0 Å². The Morgan fingerprint density at radius 2 is 2.12 bits per heavy atom. The summed E-state index contributed by atoms with van der Waals surface area (Å²) in [6, 6.07) is 0.290. The highest BCUT2D eigenvalue weighted by molar-refractivity contribution is 5.93. The van der Waals surface area contributed by atoms with Crippen LogP contribution in [0.25, 0.3) is 0 Å². The molecular formula is C18H27N5O2. The summed E-state index contributed by atoms with van der Waals surface area (Å²) >= 11 is 0. The number of aromatic nitrogens is 2. The smallest absolute Gasteiger partial charge is 0.254 e. The summed E-state index contributed by atoms with van der Waals surface area (Å²) in [4.78, 5) is 24.3. The molecule has 2 aliphatic rings. The average Bonchev–Trinajstić information content (AvgIpc) is 3.10. The predicted octanol–water partition coefficient (Wildman–Crippen LogP) is 0.982. The van der Waals surface area contributed by atoms with Gasteiger partial charge in [-0.3, -0.25) is 14.3 Å². The quantitative estimate of drug-likeness (QED) is 0.671. The Balaban J connectivity index is 1.45. The van der Waals surface area contributed by atoms with Crippen molar-refractivity contribution in [2.75, 3.05) is 19.6 Å². The van der Waals surface area contributed by atoms with E-state index in [0.29, 0.717) is 12.1 Å². The molecule has 0 spiro atoms. The van der Waals surface area contributed by atoms with Gasteiger partial charge in [0.2, 0.25) is 5.91 Å². The van der Waals surface area contributed by atoms with E-state index in [0.717, 1.165) is 32.4 Å². The molecule has 0 atom stereocenters. The van der Waals surface area contributed by atoms with Crippen LogP contribution in [0.15, 0.2) is 24.0 Å². The highest BCUT2D eigenvalue weighted by Gasteiger charge is 2.16. The highest BCUT2D eigenvalue weighted by atomic mass is 16.2. The van der Waals surface area contributed by atoms with Gasteiger partial charge in [0.15, 0.2) is 0 Å². The standard InChI is InChI=1S/C18H27N5O2/c24-17(22-16-4-2-1-3-5-16)13-23-12-15(11-21-23)18(25)20-10-14-6-8-19-9-7-14/h6,11-12,16,19H,1-5,7-10,13H2,(H,20,25)(H,22,24). The van der Waals surface area contributed by atoms with Gasteiger partial charge in [0.05, 0.1) is 11.8 Å². The van der Waals surface area contributed by atoms with Crippen molar-refractivity contribution in [1.82, 2.24) is 25.7 Å². The molecule has 7 heteroatoms. The van der Waals surface area contributed by atoms with Gasteiger partial charge in [0, 0.05) is 25.3 Å². The molecule has 1 saturated carbocycles. The van der Waals surface area contributed by atoms with Crippen LogP contribution in [0, 0.1) is 0 Å². The minimum atomic E-state index is -0.154. The van der Waals surface area contributed by atoms with E-state index in [1.807, 2.05) is 0 Å². The zero-order valence-corrected chi connectivity index (χ0v) is 14.6. The largest absolute Gasteiger partial charge is 0.352 e. The van der Waals surface area contributed by atoms with Crippen LogP contribution in [0.5, 0.6) is 0 Å². The number of hydrogen-bond donors (Lipinski definition) is 3. The molecule has 1 aliphatic heterocycles. The first-order chi connectivity index (χ1) is 12.2. The van der Waals surface area contributed by atoms with Gasteiger partial charge in [0.1, 0.15) is 6.54 Å². The van der Waals surface area contributed by atoms with Crippen molar-refractivity contribution in [3.63, 3.8) is 0 Å². The Bertz CT molecular complexity index is 631. The Kier molecular flexibility index (Phi) is 6.22. The van der Waals surface area contributed by atoms with Crippen LogP contribution in [0.1, 0.15) is 48.9 Å². The summed E-state index contributed by atoms with van der Waals surface area (Å²) in [5.74, 6) is -0.194. The zero-order chi connectivity index (χ0) is 17.5. The maximum absolute atomic E-state index is 12.2. The first kappa shape index (κ1) is 17.7. The van der Waals surface area contributed by atoms with Gasteiger partial charge in [0.25, 0.3) is 5.91 Å². The molecule has 3 N–H and O–H groups in total. The molecule has 2 heterocycles. The van der Waals surface area contributed by atoms with Crippen molar-refractivity contribution in [2.24, 2.45) is 0 Å². The molecule has 1 aliphatic carbocycles. The summed E-state index contributed by atoms with van der Waals surface area (Å²) in [5, 5.41) is 13.4. The Morgan fingerprint density at radius 3 is 2.88 bits per heavy atom. The molecule has 1 aromatic rings. The van der Waals surface area contributed by atoms with Crippen LogP contribution in [-0.4, -0.2) is 47.3 Å². The third kappa shape index (κ3) is 5.42. The Hall–Kier alpha value is -2.15. The van der Waals surface area contributed by atoms with Crippen molar-refractivity contribution >= 4 is 11.8 Å². The molecule has 0 unspecified atom stereocenters. The van der Waals surface area contributed by atoms with Crippen LogP contribution in [0.3, 0.4) is 0 Å². The normalized spacial score (nSPS) is 18.5. The number of nitrogens with one attached hydrogen (secondary N) is 3. The van der Waals surface area contributed by atoms with E-state index in [9.17, 15) is 9.59 Å². The molecule has 0 bridgehead atoms. The number of carbonyl (C=O) groups is 2. The van der Waals surface area contributed by atoms with Crippen molar-refractivity contribution < 1.29 is 9.59 Å². The number of amides is 2. The van der Waals surface area contributed by atoms with Crippen LogP contribution < -0.4 is 16.0 Å². The second-order valence-electron chi connectivity index (χ2n) is 6.83. The van der Waals surface area contributed by atoms with Crippen molar-refractivity contribution in [2.45, 2.75) is 51.1 Å². The fraction of sp³-hybridized carbons (Fsp3) is 0.611. The number of carbonyl (C=O) groups excluding carboxylic acids is 2. The highest BCUT2D eigenvalue weighted by Crippen LogP contribution is 2.17. The molecule has 0 radical (unpaired) electrons. The van der Waals surface area contributed by atoms with E-state index < -0.39 is 0 Å². The van der Waals surface area contributed by atoms with Gasteiger partial charge in [-0.15, -0.1) is 0 Å². The molecule has 3 rings (SSSR count). The molecule has 1 aromatic heterocycles. The van der Waals surface area contributed by atoms with Gasteiger partial charge < -0.3 is 16.0 Å². The summed E-state index contributed by atoms with van der Waals surface area (Å²) in [5.41, 5.74) is 1.73. The lowest BCUT2D eigenvalue weighted by Crippen LogP contribution is -2.38. The molecular weight excluding hydrogens is 318 g/mol. The Labute approximate surface area is 148 Å². The predicted molar refractivity (Wildman–Crippen MR) is 95.1 cm³/mol.